The molecule has 0 unspecified atom stereocenters. The zero-order chi connectivity index (χ0) is 16.9. The quantitative estimate of drug-likeness (QED) is 0.382. The Labute approximate surface area is 132 Å². The smallest absolute Gasteiger partial charge is 0.270 e. The number of nitrogens with zero attached hydrogens (tertiary/aromatic N) is 2. The van der Waals surface area contributed by atoms with Crippen molar-refractivity contribution in [2.75, 3.05) is 0 Å². The number of hydrogen-bond acceptors (Lipinski definition) is 2. The minimum absolute atomic E-state index is 0.0289. The molecule has 0 aliphatic heterocycles. The van der Waals surface area contributed by atoms with Crippen molar-refractivity contribution in [3.8, 4) is 6.07 Å². The van der Waals surface area contributed by atoms with Gasteiger partial charge in [0.25, 0.3) is 5.70 Å². The van der Waals surface area contributed by atoms with Crippen molar-refractivity contribution in [1.29, 1.82) is 5.26 Å². The van der Waals surface area contributed by atoms with Crippen molar-refractivity contribution in [2.45, 2.75) is 34.6 Å². The molecule has 22 heavy (non-hydrogen) atoms. The van der Waals surface area contributed by atoms with Gasteiger partial charge in [-0.3, -0.25) is 4.79 Å². The molecule has 1 aliphatic rings. The second-order valence-corrected chi connectivity index (χ2v) is 5.75. The number of carbonyl (C=O) groups excluding carboxylic acids is 1. The summed E-state index contributed by atoms with van der Waals surface area (Å²) in [5, 5.41) is 9.15. The molecular weight excluding hydrogens is 272 g/mol. The van der Waals surface area contributed by atoms with E-state index in [1.54, 1.807) is 18.2 Å². The Morgan fingerprint density at radius 2 is 1.77 bits per heavy atom. The summed E-state index contributed by atoms with van der Waals surface area (Å²) in [5.41, 5.74) is 1.94. The van der Waals surface area contributed by atoms with Crippen LogP contribution in [-0.2, 0) is 0 Å². The third-order valence-electron chi connectivity index (χ3n) is 2.99. The van der Waals surface area contributed by atoms with Crippen LogP contribution in [0.3, 0.4) is 0 Å². The van der Waals surface area contributed by atoms with E-state index in [9.17, 15) is 4.79 Å². The Hall–Kier alpha value is -2.65. The fourth-order valence-electron chi connectivity index (χ4n) is 2.27. The Kier molecular flexibility index (Phi) is 5.44. The molecule has 1 aromatic rings. The molecule has 0 saturated carbocycles. The summed E-state index contributed by atoms with van der Waals surface area (Å²) < 4.78 is 0. The molecule has 0 fully saturated rings. The Morgan fingerprint density at radius 3 is 2.23 bits per heavy atom. The van der Waals surface area contributed by atoms with Crippen LogP contribution in [0.25, 0.3) is 10.4 Å². The van der Waals surface area contributed by atoms with Crippen LogP contribution in [0.2, 0.25) is 0 Å². The summed E-state index contributed by atoms with van der Waals surface area (Å²) in [6, 6.07) is 9.03. The van der Waals surface area contributed by atoms with Crippen molar-refractivity contribution in [2.24, 2.45) is 5.41 Å². The normalized spacial score (nSPS) is 17.0. The van der Waals surface area contributed by atoms with Crippen LogP contribution in [0.5, 0.6) is 0 Å². The lowest BCUT2D eigenvalue weighted by Crippen LogP contribution is -2.05. The molecule has 0 spiro atoms. The van der Waals surface area contributed by atoms with Gasteiger partial charge in [-0.2, -0.15) is 0 Å². The highest BCUT2D eigenvalue weighted by Crippen LogP contribution is 2.40. The SMILES string of the molecule is CC.[C-]#[N+]/C(C#N)=C1\C(=C\C(C)(C)C)C(=O)c2ccccc21. The first-order valence-electron chi connectivity index (χ1n) is 7.28. The van der Waals surface area contributed by atoms with Crippen LogP contribution in [0.4, 0.5) is 0 Å². The van der Waals surface area contributed by atoms with Gasteiger partial charge in [0.15, 0.2) is 5.78 Å². The molecule has 0 bridgehead atoms. The van der Waals surface area contributed by atoms with Crippen LogP contribution in [-0.4, -0.2) is 5.78 Å². The maximum atomic E-state index is 12.5. The summed E-state index contributed by atoms with van der Waals surface area (Å²) in [6.45, 7) is 17.1. The predicted octanol–water partition coefficient (Wildman–Crippen LogP) is 5.04. The van der Waals surface area contributed by atoms with Gasteiger partial charge in [0.2, 0.25) is 0 Å². The van der Waals surface area contributed by atoms with Gasteiger partial charge < -0.3 is 0 Å². The monoisotopic (exact) mass is 292 g/mol. The molecule has 1 aromatic carbocycles. The van der Waals surface area contributed by atoms with Crippen LogP contribution >= 0.6 is 0 Å². The van der Waals surface area contributed by atoms with Crippen LogP contribution in [0.15, 0.2) is 41.6 Å². The van der Waals surface area contributed by atoms with E-state index in [2.05, 4.69) is 4.85 Å². The van der Waals surface area contributed by atoms with Gasteiger partial charge in [0.05, 0.1) is 12.6 Å². The molecule has 3 heteroatoms. The molecular formula is C19H20N2O. The minimum atomic E-state index is -0.207. The van der Waals surface area contributed by atoms with Gasteiger partial charge in [0.1, 0.15) is 0 Å². The Bertz CT molecular complexity index is 716. The lowest BCUT2D eigenvalue weighted by atomic mass is 9.90. The maximum absolute atomic E-state index is 12.5. The molecule has 0 radical (unpaired) electrons. The third kappa shape index (κ3) is 3.32. The van der Waals surface area contributed by atoms with Crippen LogP contribution in [0.1, 0.15) is 50.5 Å². The van der Waals surface area contributed by atoms with Crippen molar-refractivity contribution >= 4 is 11.4 Å². The van der Waals surface area contributed by atoms with Crippen LogP contribution in [0, 0.1) is 23.3 Å². The lowest BCUT2D eigenvalue weighted by Gasteiger charge is -2.14. The largest absolute Gasteiger partial charge is 0.289 e. The standard InChI is InChI=1S/C17H14N2O.C2H6/c1-17(2,3)9-13-15(14(10-18)19-4)11-7-5-6-8-12(11)16(13)20;1-2/h5-9H,1-3H3;1-2H3/b13-9-,15-14-;. The second-order valence-electron chi connectivity index (χ2n) is 5.75. The summed E-state index contributed by atoms with van der Waals surface area (Å²) in [5.74, 6) is -0.109. The molecule has 3 nitrogen and oxygen atoms in total. The number of carbonyl (C=O) groups is 1. The summed E-state index contributed by atoms with van der Waals surface area (Å²) in [4.78, 5) is 15.8. The molecule has 0 heterocycles. The van der Waals surface area contributed by atoms with E-state index < -0.39 is 0 Å². The number of fused-ring (bicyclic) bond motifs is 1. The molecule has 0 amide bonds. The first-order chi connectivity index (χ1) is 10.4. The average molecular weight is 292 g/mol. The topological polar surface area (TPSA) is 45.2 Å². The van der Waals surface area contributed by atoms with Crippen molar-refractivity contribution in [1.82, 2.24) is 0 Å². The average Bonchev–Trinajstić information content (AvgIpc) is 2.76. The molecule has 1 aliphatic carbocycles. The summed E-state index contributed by atoms with van der Waals surface area (Å²) >= 11 is 0. The van der Waals surface area contributed by atoms with E-state index in [-0.39, 0.29) is 16.9 Å². The summed E-state index contributed by atoms with van der Waals surface area (Å²) in [7, 11) is 0. The van der Waals surface area contributed by atoms with E-state index in [1.165, 1.54) is 0 Å². The first kappa shape index (κ1) is 17.4. The molecule has 112 valence electrons. The number of allylic oxidation sites excluding steroid dienone is 4. The zero-order valence-corrected chi connectivity index (χ0v) is 13.7. The van der Waals surface area contributed by atoms with Gasteiger partial charge in [-0.1, -0.05) is 65.0 Å². The van der Waals surface area contributed by atoms with E-state index in [1.807, 2.05) is 52.8 Å². The van der Waals surface area contributed by atoms with Crippen LogP contribution < -0.4 is 0 Å². The Balaban J connectivity index is 0.00000116. The maximum Gasteiger partial charge on any atom is 0.270 e. The fraction of sp³-hybridized carbons (Fsp3) is 0.316. The minimum Gasteiger partial charge on any atom is -0.289 e. The van der Waals surface area contributed by atoms with E-state index in [4.69, 9.17) is 11.8 Å². The Morgan fingerprint density at radius 1 is 1.23 bits per heavy atom. The third-order valence-corrected chi connectivity index (χ3v) is 2.99. The van der Waals surface area contributed by atoms with Gasteiger partial charge in [-0.15, -0.1) is 0 Å². The number of hydrogen-bond donors (Lipinski definition) is 0. The molecule has 0 aromatic heterocycles. The number of Topliss-reactive ketones (excluding diaryl/α,β-unsaturated/α-hetero) is 1. The number of ketones is 1. The lowest BCUT2D eigenvalue weighted by molar-refractivity contribution is 0.104. The summed E-state index contributed by atoms with van der Waals surface area (Å²) in [6.07, 6.45) is 1.84. The van der Waals surface area contributed by atoms with Crippen molar-refractivity contribution in [3.63, 3.8) is 0 Å². The number of rotatable bonds is 0. The molecule has 0 N–H and O–H groups in total. The molecule has 0 atom stereocenters. The fourth-order valence-corrected chi connectivity index (χ4v) is 2.27. The second kappa shape index (κ2) is 6.87. The van der Waals surface area contributed by atoms with Gasteiger partial charge in [-0.25, -0.2) is 10.1 Å². The number of nitriles is 1. The predicted molar refractivity (Wildman–Crippen MR) is 88.8 cm³/mol. The highest BCUT2D eigenvalue weighted by molar-refractivity contribution is 6.27. The van der Waals surface area contributed by atoms with Gasteiger partial charge in [-0.05, 0) is 11.0 Å². The molecule has 0 saturated heterocycles. The van der Waals surface area contributed by atoms with Crippen molar-refractivity contribution < 1.29 is 4.79 Å². The van der Waals surface area contributed by atoms with E-state index in [0.717, 1.165) is 0 Å². The highest BCUT2D eigenvalue weighted by atomic mass is 16.1. The van der Waals surface area contributed by atoms with E-state index in [0.29, 0.717) is 22.3 Å². The van der Waals surface area contributed by atoms with Crippen molar-refractivity contribution in [3.05, 3.63) is 64.2 Å². The van der Waals surface area contributed by atoms with Gasteiger partial charge >= 0.3 is 0 Å². The molecule has 2 rings (SSSR count). The van der Waals surface area contributed by atoms with E-state index >= 15 is 0 Å². The zero-order valence-electron chi connectivity index (χ0n) is 13.7. The number of benzene rings is 1. The first-order valence-corrected chi connectivity index (χ1v) is 7.28. The van der Waals surface area contributed by atoms with Gasteiger partial charge in [0, 0.05) is 16.7 Å². The highest BCUT2D eigenvalue weighted by Gasteiger charge is 2.32.